The van der Waals surface area contributed by atoms with Gasteiger partial charge in [0.05, 0.1) is 0 Å². The van der Waals surface area contributed by atoms with Gasteiger partial charge in [0.15, 0.2) is 0 Å². The third kappa shape index (κ3) is 3.74. The van der Waals surface area contributed by atoms with Gasteiger partial charge in [0.25, 0.3) is 0 Å². The first-order chi connectivity index (χ1) is 13.6. The maximum Gasteiger partial charge on any atom is 0.0320 e. The summed E-state index contributed by atoms with van der Waals surface area (Å²) in [6, 6.07) is 35.8. The second kappa shape index (κ2) is 8.27. The zero-order chi connectivity index (χ0) is 19.5. The van der Waals surface area contributed by atoms with Crippen molar-refractivity contribution in [1.82, 2.24) is 4.90 Å². The van der Waals surface area contributed by atoms with Gasteiger partial charge in [-0.05, 0) is 73.3 Å². The molecular formula is C26H26NP. The molecule has 28 heavy (non-hydrogen) atoms. The van der Waals surface area contributed by atoms with E-state index in [9.17, 15) is 0 Å². The molecule has 0 aliphatic carbocycles. The van der Waals surface area contributed by atoms with E-state index in [4.69, 9.17) is 0 Å². The molecule has 0 fully saturated rings. The minimum atomic E-state index is -0.624. The van der Waals surface area contributed by atoms with E-state index in [0.29, 0.717) is 6.04 Å². The zero-order valence-electron chi connectivity index (χ0n) is 16.7. The number of nitrogens with zero attached hydrogens (tertiary/aromatic N) is 1. The van der Waals surface area contributed by atoms with Crippen molar-refractivity contribution < 1.29 is 0 Å². The topological polar surface area (TPSA) is 3.24 Å². The van der Waals surface area contributed by atoms with Crippen molar-refractivity contribution >= 4 is 34.6 Å². The Morgan fingerprint density at radius 1 is 0.643 bits per heavy atom. The fraction of sp³-hybridized carbons (Fsp3) is 0.154. The van der Waals surface area contributed by atoms with Crippen LogP contribution in [0.15, 0.2) is 97.1 Å². The van der Waals surface area contributed by atoms with E-state index in [-0.39, 0.29) is 0 Å². The SMILES string of the molecule is CC(c1cc2ccccc2cc1P(c1ccccc1)c1ccccc1)N(C)C. The molecule has 0 bridgehead atoms. The Bertz CT molecular complexity index is 1020. The maximum atomic E-state index is 2.43. The fourth-order valence-electron chi connectivity index (χ4n) is 3.63. The molecule has 0 saturated carbocycles. The van der Waals surface area contributed by atoms with Crippen LogP contribution in [-0.4, -0.2) is 19.0 Å². The van der Waals surface area contributed by atoms with Gasteiger partial charge in [-0.2, -0.15) is 0 Å². The van der Waals surface area contributed by atoms with Crippen molar-refractivity contribution in [3.05, 3.63) is 103 Å². The first-order valence-corrected chi connectivity index (χ1v) is 11.1. The van der Waals surface area contributed by atoms with Gasteiger partial charge in [-0.25, -0.2) is 0 Å². The van der Waals surface area contributed by atoms with Crippen LogP contribution in [0.3, 0.4) is 0 Å². The second-order valence-corrected chi connectivity index (χ2v) is 9.59. The van der Waals surface area contributed by atoms with E-state index in [1.54, 1.807) is 0 Å². The summed E-state index contributed by atoms with van der Waals surface area (Å²) in [4.78, 5) is 2.30. The average molecular weight is 383 g/mol. The maximum absolute atomic E-state index is 2.43. The summed E-state index contributed by atoms with van der Waals surface area (Å²) in [6.45, 7) is 2.30. The molecule has 1 nitrogen and oxygen atoms in total. The molecule has 0 radical (unpaired) electrons. The van der Waals surface area contributed by atoms with Crippen molar-refractivity contribution in [1.29, 1.82) is 0 Å². The Morgan fingerprint density at radius 2 is 1.11 bits per heavy atom. The van der Waals surface area contributed by atoms with Crippen LogP contribution >= 0.6 is 7.92 Å². The molecule has 4 rings (SSSR count). The summed E-state index contributed by atoms with van der Waals surface area (Å²) >= 11 is 0. The molecule has 4 aromatic carbocycles. The van der Waals surface area contributed by atoms with Gasteiger partial charge in [-0.15, -0.1) is 0 Å². The van der Waals surface area contributed by atoms with Gasteiger partial charge in [-0.1, -0.05) is 84.9 Å². The lowest BCUT2D eigenvalue weighted by Crippen LogP contribution is -2.28. The summed E-state index contributed by atoms with van der Waals surface area (Å²) in [5.41, 5.74) is 1.42. The Kier molecular flexibility index (Phi) is 5.57. The van der Waals surface area contributed by atoms with Crippen LogP contribution in [0.2, 0.25) is 0 Å². The molecule has 2 heteroatoms. The molecule has 0 aliphatic heterocycles. The highest BCUT2D eigenvalue weighted by Gasteiger charge is 2.23. The third-order valence-corrected chi connectivity index (χ3v) is 7.89. The number of rotatable bonds is 5. The molecule has 4 aromatic rings. The van der Waals surface area contributed by atoms with Gasteiger partial charge in [0.2, 0.25) is 0 Å². The lowest BCUT2D eigenvalue weighted by Gasteiger charge is -2.28. The summed E-state index contributed by atoms with van der Waals surface area (Å²) < 4.78 is 0. The van der Waals surface area contributed by atoms with Crippen LogP contribution in [0, 0.1) is 0 Å². The van der Waals surface area contributed by atoms with E-state index in [1.807, 2.05) is 0 Å². The Hall–Kier alpha value is -2.47. The summed E-state index contributed by atoms with van der Waals surface area (Å²) in [7, 11) is 3.70. The standard InChI is InChI=1S/C26H26NP/c1-20(27(2)3)25-18-21-12-10-11-13-22(21)19-26(25)28(23-14-6-4-7-15-23)24-16-8-5-9-17-24/h4-20H,1-3H3. The molecule has 1 atom stereocenters. The van der Waals surface area contributed by atoms with E-state index >= 15 is 0 Å². The number of hydrogen-bond donors (Lipinski definition) is 0. The largest absolute Gasteiger partial charge is 0.303 e. The highest BCUT2D eigenvalue weighted by molar-refractivity contribution is 7.80. The number of hydrogen-bond acceptors (Lipinski definition) is 1. The normalized spacial score (nSPS) is 12.6. The molecule has 1 unspecified atom stereocenters. The van der Waals surface area contributed by atoms with Crippen LogP contribution in [0.4, 0.5) is 0 Å². The van der Waals surface area contributed by atoms with Gasteiger partial charge >= 0.3 is 0 Å². The predicted molar refractivity (Wildman–Crippen MR) is 125 cm³/mol. The Morgan fingerprint density at radius 3 is 1.61 bits per heavy atom. The highest BCUT2D eigenvalue weighted by atomic mass is 31.1. The lowest BCUT2D eigenvalue weighted by atomic mass is 10.0. The van der Waals surface area contributed by atoms with E-state index < -0.39 is 7.92 Å². The molecule has 0 saturated heterocycles. The molecule has 0 spiro atoms. The van der Waals surface area contributed by atoms with Gasteiger partial charge in [-0.3, -0.25) is 0 Å². The quantitative estimate of drug-likeness (QED) is 0.427. The molecule has 0 N–H and O–H groups in total. The monoisotopic (exact) mass is 383 g/mol. The van der Waals surface area contributed by atoms with Crippen LogP contribution in [-0.2, 0) is 0 Å². The number of fused-ring (bicyclic) bond motifs is 1. The molecule has 0 heterocycles. The van der Waals surface area contributed by atoms with Crippen molar-refractivity contribution in [3.8, 4) is 0 Å². The highest BCUT2D eigenvalue weighted by Crippen LogP contribution is 2.37. The van der Waals surface area contributed by atoms with Gasteiger partial charge < -0.3 is 4.90 Å². The minimum absolute atomic E-state index is 0.344. The Labute approximate surface area is 169 Å². The fourth-order valence-corrected chi connectivity index (χ4v) is 6.21. The van der Waals surface area contributed by atoms with Crippen LogP contribution in [0.1, 0.15) is 18.5 Å². The summed E-state index contributed by atoms with van der Waals surface area (Å²) in [5, 5.41) is 6.86. The van der Waals surface area contributed by atoms with E-state index in [0.717, 1.165) is 0 Å². The Balaban J connectivity index is 2.01. The first kappa shape index (κ1) is 18.9. The first-order valence-electron chi connectivity index (χ1n) is 9.74. The minimum Gasteiger partial charge on any atom is -0.303 e. The van der Waals surface area contributed by atoms with Crippen molar-refractivity contribution in [2.75, 3.05) is 14.1 Å². The van der Waals surface area contributed by atoms with Crippen molar-refractivity contribution in [2.24, 2.45) is 0 Å². The lowest BCUT2D eigenvalue weighted by molar-refractivity contribution is 0.322. The molecular weight excluding hydrogens is 357 g/mol. The van der Waals surface area contributed by atoms with Crippen LogP contribution in [0.5, 0.6) is 0 Å². The molecule has 140 valence electrons. The summed E-state index contributed by atoms with van der Waals surface area (Å²) in [5.74, 6) is 0. The van der Waals surface area contributed by atoms with Gasteiger partial charge in [0, 0.05) is 6.04 Å². The van der Waals surface area contributed by atoms with Gasteiger partial charge in [0.1, 0.15) is 0 Å². The molecule has 0 aromatic heterocycles. The average Bonchev–Trinajstić information content (AvgIpc) is 2.74. The smallest absolute Gasteiger partial charge is 0.0320 e. The molecule has 0 amide bonds. The van der Waals surface area contributed by atoms with Crippen molar-refractivity contribution in [2.45, 2.75) is 13.0 Å². The van der Waals surface area contributed by atoms with Crippen molar-refractivity contribution in [3.63, 3.8) is 0 Å². The summed E-state index contributed by atoms with van der Waals surface area (Å²) in [6.07, 6.45) is 0. The number of benzene rings is 4. The second-order valence-electron chi connectivity index (χ2n) is 7.40. The molecule has 0 aliphatic rings. The van der Waals surface area contributed by atoms with Crippen LogP contribution < -0.4 is 15.9 Å². The van der Waals surface area contributed by atoms with E-state index in [2.05, 4.69) is 123 Å². The predicted octanol–water partition coefficient (Wildman–Crippen LogP) is 5.22. The van der Waals surface area contributed by atoms with E-state index in [1.165, 1.54) is 32.2 Å². The zero-order valence-corrected chi connectivity index (χ0v) is 17.6. The third-order valence-electron chi connectivity index (χ3n) is 5.39. The van der Waals surface area contributed by atoms with Crippen LogP contribution in [0.25, 0.3) is 10.8 Å².